The maximum absolute atomic E-state index is 10.7. The molecule has 0 aromatic rings. The van der Waals surface area contributed by atoms with E-state index in [1.54, 1.807) is 0 Å². The van der Waals surface area contributed by atoms with Gasteiger partial charge in [-0.15, -0.1) is 0 Å². The first kappa shape index (κ1) is 15.5. The van der Waals surface area contributed by atoms with Crippen molar-refractivity contribution in [3.8, 4) is 0 Å². The molecular weight excluding hydrogens is 236 g/mol. The van der Waals surface area contributed by atoms with E-state index in [1.807, 2.05) is 0 Å². The van der Waals surface area contributed by atoms with E-state index in [1.165, 1.54) is 0 Å². The van der Waals surface area contributed by atoms with Crippen molar-refractivity contribution < 1.29 is 38.7 Å². The smallest absolute Gasteiger partial charge is 0.434 e. The zero-order chi connectivity index (χ0) is 12.9. The molecule has 2 N–H and O–H groups in total. The number of rotatable bonds is 8. The number of carbonyl (C=O) groups is 2. The molecule has 0 bridgehead atoms. The molecule has 8 heteroatoms. The molecule has 0 aromatic heterocycles. The maximum atomic E-state index is 10.7. The number of hydrogen-bond donors (Lipinski definition) is 2. The minimum absolute atomic E-state index is 0.0253. The Bertz CT molecular complexity index is 195. The third-order valence-corrected chi connectivity index (χ3v) is 1.35. The van der Waals surface area contributed by atoms with E-state index in [0.29, 0.717) is 6.42 Å². The summed E-state index contributed by atoms with van der Waals surface area (Å²) in [5.41, 5.74) is 0. The number of ether oxygens (including phenoxy) is 4. The van der Waals surface area contributed by atoms with Crippen LogP contribution in [-0.4, -0.2) is 62.2 Å². The van der Waals surface area contributed by atoms with Gasteiger partial charge in [0, 0.05) is 6.42 Å². The summed E-state index contributed by atoms with van der Waals surface area (Å²) in [6.45, 7) is -0.732. The second-order valence-electron chi connectivity index (χ2n) is 2.69. The summed E-state index contributed by atoms with van der Waals surface area (Å²) >= 11 is 0. The van der Waals surface area contributed by atoms with Gasteiger partial charge in [0.2, 0.25) is 0 Å². The lowest BCUT2D eigenvalue weighted by Crippen LogP contribution is -2.14. The first-order chi connectivity index (χ1) is 8.20. The van der Waals surface area contributed by atoms with Crippen LogP contribution in [-0.2, 0) is 18.9 Å². The Balaban J connectivity index is 3.28. The van der Waals surface area contributed by atoms with Gasteiger partial charge in [-0.05, 0) is 0 Å². The molecule has 17 heavy (non-hydrogen) atoms. The van der Waals surface area contributed by atoms with Crippen LogP contribution < -0.4 is 0 Å². The summed E-state index contributed by atoms with van der Waals surface area (Å²) in [5.74, 6) is 0. The lowest BCUT2D eigenvalue weighted by atomic mass is 10.5. The predicted molar refractivity (Wildman–Crippen MR) is 53.4 cm³/mol. The van der Waals surface area contributed by atoms with Gasteiger partial charge >= 0.3 is 12.3 Å². The summed E-state index contributed by atoms with van der Waals surface area (Å²) in [5, 5.41) is 16.7. The molecule has 0 aliphatic heterocycles. The number of hydrogen-bond acceptors (Lipinski definition) is 8. The molecule has 0 rings (SSSR count). The highest BCUT2D eigenvalue weighted by atomic mass is 16.7. The fraction of sp³-hybridized carbons (Fsp3) is 0.778. The topological polar surface area (TPSA) is 112 Å². The molecule has 0 saturated carbocycles. The van der Waals surface area contributed by atoms with Crippen LogP contribution in [0.2, 0.25) is 0 Å². The molecule has 0 amide bonds. The Hall–Kier alpha value is -1.54. The predicted octanol–water partition coefficient (Wildman–Crippen LogP) is -0.332. The van der Waals surface area contributed by atoms with Crippen molar-refractivity contribution >= 4 is 12.3 Å². The minimum Gasteiger partial charge on any atom is -0.434 e. The molecule has 0 saturated heterocycles. The summed E-state index contributed by atoms with van der Waals surface area (Å²) < 4.78 is 17.9. The molecule has 0 spiro atoms. The van der Waals surface area contributed by atoms with Crippen LogP contribution in [0.15, 0.2) is 0 Å². The molecule has 0 aliphatic carbocycles. The molecule has 0 radical (unpaired) electrons. The molecule has 8 nitrogen and oxygen atoms in total. The van der Waals surface area contributed by atoms with Crippen molar-refractivity contribution in [2.75, 3.05) is 39.6 Å². The molecule has 0 atom stereocenters. The molecule has 0 heterocycles. The number of aliphatic hydroxyl groups excluding tert-OH is 2. The summed E-state index contributed by atoms with van der Waals surface area (Å²) in [4.78, 5) is 21.4. The van der Waals surface area contributed by atoms with Crippen molar-refractivity contribution in [1.82, 2.24) is 0 Å². The normalized spacial score (nSPS) is 9.53. The Morgan fingerprint density at radius 1 is 0.706 bits per heavy atom. The molecule has 100 valence electrons. The average molecular weight is 252 g/mol. The van der Waals surface area contributed by atoms with Crippen LogP contribution in [0.25, 0.3) is 0 Å². The highest BCUT2D eigenvalue weighted by Crippen LogP contribution is 1.91. The summed E-state index contributed by atoms with van der Waals surface area (Å²) in [6, 6.07) is 0. The standard InChI is InChI=1S/C9H16O8/c10-2-6-16-8(12)14-4-1-5-15-9(13)17-7-3-11/h10-11H,1-7H2. The van der Waals surface area contributed by atoms with E-state index in [-0.39, 0.29) is 39.6 Å². The first-order valence-electron chi connectivity index (χ1n) is 5.01. The van der Waals surface area contributed by atoms with Crippen molar-refractivity contribution in [3.05, 3.63) is 0 Å². The van der Waals surface area contributed by atoms with Crippen LogP contribution in [0, 0.1) is 0 Å². The first-order valence-corrected chi connectivity index (χ1v) is 5.01. The zero-order valence-electron chi connectivity index (χ0n) is 9.29. The Morgan fingerprint density at radius 2 is 1.06 bits per heavy atom. The minimum atomic E-state index is -0.887. The van der Waals surface area contributed by atoms with Gasteiger partial charge in [0.15, 0.2) is 0 Å². The van der Waals surface area contributed by atoms with Crippen molar-refractivity contribution in [3.63, 3.8) is 0 Å². The SMILES string of the molecule is O=C(OCCO)OCCCOC(=O)OCCO. The van der Waals surface area contributed by atoms with E-state index >= 15 is 0 Å². The van der Waals surface area contributed by atoms with E-state index in [2.05, 4.69) is 18.9 Å². The third-order valence-electron chi connectivity index (χ3n) is 1.35. The zero-order valence-corrected chi connectivity index (χ0v) is 9.29. The van der Waals surface area contributed by atoms with Crippen LogP contribution >= 0.6 is 0 Å². The average Bonchev–Trinajstić information content (AvgIpc) is 2.33. The number of aliphatic hydroxyl groups is 2. The van der Waals surface area contributed by atoms with Crippen LogP contribution in [0.4, 0.5) is 9.59 Å². The molecule has 0 aromatic carbocycles. The summed E-state index contributed by atoms with van der Waals surface area (Å²) in [7, 11) is 0. The van der Waals surface area contributed by atoms with E-state index < -0.39 is 12.3 Å². The van der Waals surface area contributed by atoms with E-state index in [9.17, 15) is 9.59 Å². The van der Waals surface area contributed by atoms with Gasteiger partial charge < -0.3 is 29.2 Å². The van der Waals surface area contributed by atoms with Gasteiger partial charge in [0.25, 0.3) is 0 Å². The van der Waals surface area contributed by atoms with Gasteiger partial charge in [-0.3, -0.25) is 0 Å². The molecule has 0 aliphatic rings. The second-order valence-corrected chi connectivity index (χ2v) is 2.69. The number of carbonyl (C=O) groups excluding carboxylic acids is 2. The Morgan fingerprint density at radius 3 is 1.41 bits per heavy atom. The van der Waals surface area contributed by atoms with Crippen LogP contribution in [0.3, 0.4) is 0 Å². The highest BCUT2D eigenvalue weighted by Gasteiger charge is 2.05. The van der Waals surface area contributed by atoms with Gasteiger partial charge in [-0.2, -0.15) is 0 Å². The van der Waals surface area contributed by atoms with Gasteiger partial charge in [0.1, 0.15) is 13.2 Å². The third kappa shape index (κ3) is 10.7. The van der Waals surface area contributed by atoms with Crippen molar-refractivity contribution in [2.24, 2.45) is 0 Å². The maximum Gasteiger partial charge on any atom is 0.508 e. The van der Waals surface area contributed by atoms with E-state index in [0.717, 1.165) is 0 Å². The van der Waals surface area contributed by atoms with Crippen molar-refractivity contribution in [1.29, 1.82) is 0 Å². The van der Waals surface area contributed by atoms with Gasteiger partial charge in [-0.25, -0.2) is 9.59 Å². The Kier molecular flexibility index (Phi) is 9.97. The molecule has 0 fully saturated rings. The fourth-order valence-electron chi connectivity index (χ4n) is 0.711. The van der Waals surface area contributed by atoms with Gasteiger partial charge in [-0.1, -0.05) is 0 Å². The quantitative estimate of drug-likeness (QED) is 0.446. The fourth-order valence-corrected chi connectivity index (χ4v) is 0.711. The lowest BCUT2D eigenvalue weighted by Gasteiger charge is -2.06. The van der Waals surface area contributed by atoms with Crippen LogP contribution in [0.5, 0.6) is 0 Å². The molecular formula is C9H16O8. The van der Waals surface area contributed by atoms with Gasteiger partial charge in [0.05, 0.1) is 26.4 Å². The van der Waals surface area contributed by atoms with E-state index in [4.69, 9.17) is 10.2 Å². The summed E-state index contributed by atoms with van der Waals surface area (Å²) in [6.07, 6.45) is -1.48. The largest absolute Gasteiger partial charge is 0.508 e. The lowest BCUT2D eigenvalue weighted by molar-refractivity contribution is 0.0272. The second kappa shape index (κ2) is 11.0. The molecule has 0 unspecified atom stereocenters. The highest BCUT2D eigenvalue weighted by molar-refractivity contribution is 5.60. The van der Waals surface area contributed by atoms with Crippen LogP contribution in [0.1, 0.15) is 6.42 Å². The monoisotopic (exact) mass is 252 g/mol. The Labute approximate surface area is 98.0 Å². The van der Waals surface area contributed by atoms with Crippen molar-refractivity contribution in [2.45, 2.75) is 6.42 Å².